The van der Waals surface area contributed by atoms with Crippen molar-refractivity contribution in [2.75, 3.05) is 25.6 Å². The lowest BCUT2D eigenvalue weighted by Crippen LogP contribution is -2.27. The molecular weight excluding hydrogens is 352 g/mol. The normalized spacial score (nSPS) is 13.4. The number of nitrogens with one attached hydrogen (secondary N) is 2. The van der Waals surface area contributed by atoms with Gasteiger partial charge in [0, 0.05) is 24.9 Å². The third-order valence-electron chi connectivity index (χ3n) is 4.36. The van der Waals surface area contributed by atoms with E-state index in [4.69, 9.17) is 4.74 Å². The quantitative estimate of drug-likeness (QED) is 0.729. The second kappa shape index (κ2) is 7.99. The zero-order chi connectivity index (χ0) is 18.6. The second-order valence-corrected chi connectivity index (χ2v) is 7.98. The summed E-state index contributed by atoms with van der Waals surface area (Å²) < 4.78 is 31.8. The Morgan fingerprint density at radius 1 is 1.12 bits per heavy atom. The van der Waals surface area contributed by atoms with Crippen LogP contribution in [0.3, 0.4) is 0 Å². The van der Waals surface area contributed by atoms with E-state index in [0.717, 1.165) is 24.9 Å². The average molecular weight is 374 g/mol. The van der Waals surface area contributed by atoms with Crippen molar-refractivity contribution in [2.45, 2.75) is 24.2 Å². The Morgan fingerprint density at radius 2 is 1.92 bits per heavy atom. The van der Waals surface area contributed by atoms with E-state index < -0.39 is 10.0 Å². The number of ether oxygens (including phenoxy) is 1. The molecule has 0 spiro atoms. The number of rotatable bonds is 7. The van der Waals surface area contributed by atoms with Crippen LogP contribution in [-0.2, 0) is 27.6 Å². The van der Waals surface area contributed by atoms with Crippen LogP contribution in [0.25, 0.3) is 0 Å². The highest BCUT2D eigenvalue weighted by molar-refractivity contribution is 7.89. The molecule has 0 aliphatic heterocycles. The number of hydrogen-bond acceptors (Lipinski definition) is 4. The van der Waals surface area contributed by atoms with Crippen LogP contribution in [0.5, 0.6) is 0 Å². The van der Waals surface area contributed by atoms with Crippen molar-refractivity contribution in [3.8, 4) is 0 Å². The first-order valence-electron chi connectivity index (χ1n) is 8.51. The number of carbonyl (C=O) groups is 1. The standard InChI is InChI=1S/C19H22N2O4S/c1-25-11-10-20-26(23,24)18-7-3-6-16(13-18)19(22)21-17-9-8-14-4-2-5-15(14)12-17/h3,6-9,12-13,20H,2,4-5,10-11H2,1H3,(H,21,22). The minimum Gasteiger partial charge on any atom is -0.383 e. The summed E-state index contributed by atoms with van der Waals surface area (Å²) in [4.78, 5) is 12.6. The molecule has 0 aromatic heterocycles. The van der Waals surface area contributed by atoms with Crippen LogP contribution in [0.4, 0.5) is 5.69 Å². The lowest BCUT2D eigenvalue weighted by Gasteiger charge is -2.10. The molecule has 3 rings (SSSR count). The van der Waals surface area contributed by atoms with Crippen molar-refractivity contribution in [1.29, 1.82) is 0 Å². The smallest absolute Gasteiger partial charge is 0.255 e. The Hall–Kier alpha value is -2.22. The summed E-state index contributed by atoms with van der Waals surface area (Å²) in [6.45, 7) is 0.447. The predicted octanol–water partition coefficient (Wildman–Crippen LogP) is 2.35. The van der Waals surface area contributed by atoms with E-state index in [1.54, 1.807) is 12.1 Å². The molecule has 138 valence electrons. The van der Waals surface area contributed by atoms with Crippen LogP contribution in [0, 0.1) is 0 Å². The van der Waals surface area contributed by atoms with Crippen LogP contribution in [0.2, 0.25) is 0 Å². The summed E-state index contributed by atoms with van der Waals surface area (Å²) in [5.74, 6) is -0.336. The Bertz CT molecular complexity index is 910. The van der Waals surface area contributed by atoms with Gasteiger partial charge >= 0.3 is 0 Å². The maximum absolute atomic E-state index is 12.5. The van der Waals surface area contributed by atoms with E-state index in [2.05, 4.69) is 10.0 Å². The molecule has 2 aromatic carbocycles. The number of amides is 1. The summed E-state index contributed by atoms with van der Waals surface area (Å²) in [6.07, 6.45) is 3.25. The van der Waals surface area contributed by atoms with Crippen LogP contribution in [0.1, 0.15) is 27.9 Å². The number of sulfonamides is 1. The summed E-state index contributed by atoms with van der Waals surface area (Å²) in [5.41, 5.74) is 3.61. The van der Waals surface area contributed by atoms with Gasteiger partial charge in [0.2, 0.25) is 10.0 Å². The molecule has 0 radical (unpaired) electrons. The van der Waals surface area contributed by atoms with Gasteiger partial charge in [-0.05, 0) is 60.7 Å². The first-order chi connectivity index (χ1) is 12.5. The fourth-order valence-corrected chi connectivity index (χ4v) is 4.08. The Balaban J connectivity index is 1.74. The second-order valence-electron chi connectivity index (χ2n) is 6.21. The van der Waals surface area contributed by atoms with Crippen LogP contribution in [0.15, 0.2) is 47.4 Å². The molecule has 2 aromatic rings. The van der Waals surface area contributed by atoms with Crippen molar-refractivity contribution in [3.05, 3.63) is 59.2 Å². The molecule has 0 unspecified atom stereocenters. The third-order valence-corrected chi connectivity index (χ3v) is 5.82. The molecule has 1 amide bonds. The molecule has 0 heterocycles. The zero-order valence-corrected chi connectivity index (χ0v) is 15.4. The molecule has 26 heavy (non-hydrogen) atoms. The molecule has 0 saturated heterocycles. The number of carbonyl (C=O) groups excluding carboxylic acids is 1. The molecule has 0 bridgehead atoms. The van der Waals surface area contributed by atoms with E-state index in [1.165, 1.54) is 30.4 Å². The van der Waals surface area contributed by atoms with E-state index >= 15 is 0 Å². The van der Waals surface area contributed by atoms with Gasteiger partial charge in [-0.15, -0.1) is 0 Å². The van der Waals surface area contributed by atoms with E-state index in [-0.39, 0.29) is 24.0 Å². The van der Waals surface area contributed by atoms with Gasteiger partial charge in [0.05, 0.1) is 11.5 Å². The summed E-state index contributed by atoms with van der Waals surface area (Å²) in [6, 6.07) is 11.9. The lowest BCUT2D eigenvalue weighted by atomic mass is 10.1. The Kier molecular flexibility index (Phi) is 5.70. The molecule has 2 N–H and O–H groups in total. The maximum Gasteiger partial charge on any atom is 0.255 e. The van der Waals surface area contributed by atoms with Gasteiger partial charge in [-0.2, -0.15) is 0 Å². The van der Waals surface area contributed by atoms with Gasteiger partial charge < -0.3 is 10.1 Å². The van der Waals surface area contributed by atoms with Crippen molar-refractivity contribution < 1.29 is 17.9 Å². The van der Waals surface area contributed by atoms with Crippen LogP contribution < -0.4 is 10.0 Å². The van der Waals surface area contributed by atoms with Gasteiger partial charge in [0.25, 0.3) is 5.91 Å². The van der Waals surface area contributed by atoms with Crippen LogP contribution in [-0.4, -0.2) is 34.6 Å². The summed E-state index contributed by atoms with van der Waals surface area (Å²) in [7, 11) is -2.18. The fraction of sp³-hybridized carbons (Fsp3) is 0.316. The van der Waals surface area contributed by atoms with Gasteiger partial charge in [-0.3, -0.25) is 4.79 Å². The third kappa shape index (κ3) is 4.30. The zero-order valence-electron chi connectivity index (χ0n) is 14.6. The highest BCUT2D eigenvalue weighted by Gasteiger charge is 2.17. The Morgan fingerprint density at radius 3 is 2.73 bits per heavy atom. The summed E-state index contributed by atoms with van der Waals surface area (Å²) in [5, 5.41) is 2.84. The molecule has 7 heteroatoms. The van der Waals surface area contributed by atoms with Crippen molar-refractivity contribution >= 4 is 21.6 Å². The highest BCUT2D eigenvalue weighted by Crippen LogP contribution is 2.25. The van der Waals surface area contributed by atoms with Crippen molar-refractivity contribution in [2.24, 2.45) is 0 Å². The number of hydrogen-bond donors (Lipinski definition) is 2. The number of fused-ring (bicyclic) bond motifs is 1. The SMILES string of the molecule is COCCNS(=O)(=O)c1cccc(C(=O)Nc2ccc3c(c2)CCC3)c1. The van der Waals surface area contributed by atoms with Gasteiger partial charge in [0.1, 0.15) is 0 Å². The number of aryl methyl sites for hydroxylation is 2. The van der Waals surface area contributed by atoms with E-state index in [1.807, 2.05) is 18.2 Å². The van der Waals surface area contributed by atoms with Crippen molar-refractivity contribution in [1.82, 2.24) is 4.72 Å². The maximum atomic E-state index is 12.5. The number of benzene rings is 2. The molecular formula is C19H22N2O4S. The molecule has 0 saturated carbocycles. The van der Waals surface area contributed by atoms with Gasteiger partial charge in [-0.1, -0.05) is 12.1 Å². The first-order valence-corrected chi connectivity index (χ1v) is 10.00. The van der Waals surface area contributed by atoms with Gasteiger partial charge in [-0.25, -0.2) is 13.1 Å². The molecule has 0 fully saturated rings. The lowest BCUT2D eigenvalue weighted by molar-refractivity contribution is 0.102. The molecule has 1 aliphatic carbocycles. The van der Waals surface area contributed by atoms with Crippen molar-refractivity contribution in [3.63, 3.8) is 0 Å². The minimum atomic E-state index is -3.68. The van der Waals surface area contributed by atoms with Crippen LogP contribution >= 0.6 is 0 Å². The molecule has 6 nitrogen and oxygen atoms in total. The average Bonchev–Trinajstić information content (AvgIpc) is 3.10. The van der Waals surface area contributed by atoms with Gasteiger partial charge in [0.15, 0.2) is 0 Å². The largest absolute Gasteiger partial charge is 0.383 e. The minimum absolute atomic E-state index is 0.0511. The number of methoxy groups -OCH3 is 1. The van der Waals surface area contributed by atoms with E-state index in [9.17, 15) is 13.2 Å². The topological polar surface area (TPSA) is 84.5 Å². The number of anilines is 1. The molecule has 0 atom stereocenters. The van der Waals surface area contributed by atoms with E-state index in [0.29, 0.717) is 5.56 Å². The first kappa shape index (κ1) is 18.6. The summed E-state index contributed by atoms with van der Waals surface area (Å²) >= 11 is 0. The highest BCUT2D eigenvalue weighted by atomic mass is 32.2. The molecule has 1 aliphatic rings. The fourth-order valence-electron chi connectivity index (χ4n) is 3.02. The monoisotopic (exact) mass is 374 g/mol. The predicted molar refractivity (Wildman–Crippen MR) is 99.9 cm³/mol. The Labute approximate surface area is 153 Å².